The van der Waals surface area contributed by atoms with Gasteiger partial charge in [0.25, 0.3) is 0 Å². The van der Waals surface area contributed by atoms with Crippen LogP contribution in [0.5, 0.6) is 11.5 Å². The van der Waals surface area contributed by atoms with E-state index in [0.717, 1.165) is 18.7 Å². The van der Waals surface area contributed by atoms with Gasteiger partial charge < -0.3 is 18.9 Å². The molecule has 2 fully saturated rings. The molecule has 4 rings (SSSR count). The number of morpholine rings is 2. The summed E-state index contributed by atoms with van der Waals surface area (Å²) in [5, 5.41) is 0. The van der Waals surface area contributed by atoms with Gasteiger partial charge in [0.2, 0.25) is 0 Å². The van der Waals surface area contributed by atoms with E-state index in [9.17, 15) is 4.79 Å². The van der Waals surface area contributed by atoms with Gasteiger partial charge in [0, 0.05) is 32.2 Å². The number of rotatable bonds is 8. The molecule has 32 heavy (non-hydrogen) atoms. The average molecular weight is 441 g/mol. The number of carbonyl (C=O) groups is 1. The fraction of sp³-hybridized carbons (Fsp3) is 0.480. The lowest BCUT2D eigenvalue weighted by molar-refractivity contribution is -0.0302. The summed E-state index contributed by atoms with van der Waals surface area (Å²) in [7, 11) is 3.20. The maximum absolute atomic E-state index is 14.2. The number of ether oxygens (including phenoxy) is 4. The van der Waals surface area contributed by atoms with E-state index in [4.69, 9.17) is 18.9 Å². The molecule has 2 aliphatic rings. The van der Waals surface area contributed by atoms with E-state index in [-0.39, 0.29) is 17.9 Å². The zero-order valence-corrected chi connectivity index (χ0v) is 18.9. The van der Waals surface area contributed by atoms with Crippen molar-refractivity contribution in [3.63, 3.8) is 0 Å². The van der Waals surface area contributed by atoms with E-state index in [1.807, 2.05) is 30.3 Å². The highest BCUT2D eigenvalue weighted by Gasteiger charge is 2.40. The van der Waals surface area contributed by atoms with Crippen molar-refractivity contribution >= 4 is 5.78 Å². The van der Waals surface area contributed by atoms with E-state index >= 15 is 0 Å². The summed E-state index contributed by atoms with van der Waals surface area (Å²) in [5.74, 6) is 1.24. The molecule has 0 aliphatic carbocycles. The second-order valence-corrected chi connectivity index (χ2v) is 8.03. The molecule has 0 amide bonds. The topological polar surface area (TPSA) is 60.5 Å². The lowest BCUT2D eigenvalue weighted by Crippen LogP contribution is -2.55. The number of carbonyl (C=O) groups excluding carboxylic acids is 1. The number of nitrogens with zero attached hydrogens (tertiary/aromatic N) is 2. The van der Waals surface area contributed by atoms with E-state index in [1.165, 1.54) is 0 Å². The van der Waals surface area contributed by atoms with E-state index in [1.54, 1.807) is 20.3 Å². The summed E-state index contributed by atoms with van der Waals surface area (Å²) in [6, 6.07) is 15.3. The van der Waals surface area contributed by atoms with Gasteiger partial charge in [0.1, 0.15) is 11.5 Å². The third kappa shape index (κ3) is 4.96. The lowest BCUT2D eigenvalue weighted by atomic mass is 9.89. The highest BCUT2D eigenvalue weighted by molar-refractivity contribution is 6.03. The molecule has 172 valence electrons. The molecule has 0 unspecified atom stereocenters. The van der Waals surface area contributed by atoms with Crippen molar-refractivity contribution in [2.45, 2.75) is 12.1 Å². The molecule has 0 bridgehead atoms. The number of ketones is 1. The first-order valence-corrected chi connectivity index (χ1v) is 11.2. The Morgan fingerprint density at radius 1 is 0.844 bits per heavy atom. The van der Waals surface area contributed by atoms with Crippen LogP contribution in [0.4, 0.5) is 0 Å². The lowest BCUT2D eigenvalue weighted by Gasteiger charge is -2.44. The van der Waals surface area contributed by atoms with E-state index < -0.39 is 0 Å². The normalized spacial score (nSPS) is 19.8. The largest absolute Gasteiger partial charge is 0.497 e. The van der Waals surface area contributed by atoms with Crippen molar-refractivity contribution < 1.29 is 23.7 Å². The van der Waals surface area contributed by atoms with Crippen LogP contribution in [0.1, 0.15) is 22.0 Å². The molecule has 0 saturated carbocycles. The molecule has 7 heteroatoms. The molecule has 0 radical (unpaired) electrons. The summed E-state index contributed by atoms with van der Waals surface area (Å²) in [5.41, 5.74) is 1.70. The fourth-order valence-electron chi connectivity index (χ4n) is 4.62. The van der Waals surface area contributed by atoms with Gasteiger partial charge in [-0.25, -0.2) is 0 Å². The Morgan fingerprint density at radius 2 is 1.47 bits per heavy atom. The van der Waals surface area contributed by atoms with Gasteiger partial charge in [0.05, 0.1) is 58.3 Å². The Balaban J connectivity index is 1.78. The minimum Gasteiger partial charge on any atom is -0.497 e. The molecular formula is C25H32N2O5. The Bertz CT molecular complexity index is 879. The predicted octanol–water partition coefficient (Wildman–Crippen LogP) is 2.66. The first kappa shape index (κ1) is 22.7. The molecule has 2 aliphatic heterocycles. The minimum absolute atomic E-state index is 0.0479. The molecule has 0 N–H and O–H groups in total. The number of hydrogen-bond donors (Lipinski definition) is 0. The zero-order chi connectivity index (χ0) is 22.3. The van der Waals surface area contributed by atoms with Crippen molar-refractivity contribution in [2.24, 2.45) is 0 Å². The zero-order valence-electron chi connectivity index (χ0n) is 18.9. The molecule has 2 heterocycles. The van der Waals surface area contributed by atoms with Gasteiger partial charge in [-0.15, -0.1) is 0 Å². The third-order valence-electron chi connectivity index (χ3n) is 6.26. The van der Waals surface area contributed by atoms with Crippen molar-refractivity contribution in [3.05, 3.63) is 59.7 Å². The third-order valence-corrected chi connectivity index (χ3v) is 6.26. The standard InChI is InChI=1S/C25H32N2O5/c1-29-20-8-9-21(22(18-20)30-2)25(28)24(27-12-16-32-17-13-27)23(19-6-4-3-5-7-19)26-10-14-31-15-11-26/h3-9,18,23-24H,10-17H2,1-2H3/t23-,24+/m0/s1. The van der Waals surface area contributed by atoms with Gasteiger partial charge in [0.15, 0.2) is 5.78 Å². The van der Waals surface area contributed by atoms with Gasteiger partial charge in [-0.1, -0.05) is 30.3 Å². The van der Waals surface area contributed by atoms with Gasteiger partial charge in [-0.2, -0.15) is 0 Å². The quantitative estimate of drug-likeness (QED) is 0.585. The van der Waals surface area contributed by atoms with Crippen LogP contribution >= 0.6 is 0 Å². The summed E-state index contributed by atoms with van der Waals surface area (Å²) < 4.78 is 22.2. The smallest absolute Gasteiger partial charge is 0.185 e. The number of Topliss-reactive ketones (excluding diaryl/α,β-unsaturated/α-hetero) is 1. The van der Waals surface area contributed by atoms with Crippen molar-refractivity contribution in [2.75, 3.05) is 66.8 Å². The monoisotopic (exact) mass is 440 g/mol. The van der Waals surface area contributed by atoms with Gasteiger partial charge in [-0.05, 0) is 17.7 Å². The van der Waals surface area contributed by atoms with Crippen LogP contribution in [-0.4, -0.2) is 88.5 Å². The molecule has 2 atom stereocenters. The first-order valence-electron chi connectivity index (χ1n) is 11.2. The highest BCUT2D eigenvalue weighted by atomic mass is 16.5. The minimum atomic E-state index is -0.373. The summed E-state index contributed by atoms with van der Waals surface area (Å²) in [6.45, 7) is 5.56. The van der Waals surface area contributed by atoms with Crippen molar-refractivity contribution in [1.29, 1.82) is 0 Å². The summed E-state index contributed by atoms with van der Waals surface area (Å²) in [6.07, 6.45) is 0. The first-order chi connectivity index (χ1) is 15.7. The highest BCUT2D eigenvalue weighted by Crippen LogP contribution is 2.34. The maximum atomic E-state index is 14.2. The molecule has 2 saturated heterocycles. The maximum Gasteiger partial charge on any atom is 0.185 e. The Morgan fingerprint density at radius 3 is 2.06 bits per heavy atom. The number of hydrogen-bond acceptors (Lipinski definition) is 7. The predicted molar refractivity (Wildman–Crippen MR) is 122 cm³/mol. The van der Waals surface area contributed by atoms with Crippen LogP contribution in [0.3, 0.4) is 0 Å². The second kappa shape index (κ2) is 10.9. The molecule has 0 spiro atoms. The Kier molecular flexibility index (Phi) is 7.76. The van der Waals surface area contributed by atoms with Crippen LogP contribution in [0.25, 0.3) is 0 Å². The molecule has 2 aromatic rings. The Hall–Kier alpha value is -2.45. The van der Waals surface area contributed by atoms with Crippen LogP contribution in [0.15, 0.2) is 48.5 Å². The summed E-state index contributed by atoms with van der Waals surface area (Å²) >= 11 is 0. The van der Waals surface area contributed by atoms with Crippen LogP contribution < -0.4 is 9.47 Å². The van der Waals surface area contributed by atoms with E-state index in [2.05, 4.69) is 21.9 Å². The van der Waals surface area contributed by atoms with Gasteiger partial charge >= 0.3 is 0 Å². The van der Waals surface area contributed by atoms with Crippen LogP contribution in [0, 0.1) is 0 Å². The molecule has 2 aromatic carbocycles. The molecular weight excluding hydrogens is 408 g/mol. The van der Waals surface area contributed by atoms with Crippen molar-refractivity contribution in [1.82, 2.24) is 9.80 Å². The van der Waals surface area contributed by atoms with E-state index in [0.29, 0.717) is 56.6 Å². The Labute approximate surface area is 189 Å². The van der Waals surface area contributed by atoms with Gasteiger partial charge in [-0.3, -0.25) is 14.6 Å². The fourth-order valence-corrected chi connectivity index (χ4v) is 4.62. The number of methoxy groups -OCH3 is 2. The van der Waals surface area contributed by atoms with Crippen LogP contribution in [0.2, 0.25) is 0 Å². The second-order valence-electron chi connectivity index (χ2n) is 8.03. The SMILES string of the molecule is COc1ccc(C(=O)[C@@H]([C@H](c2ccccc2)N2CCOCC2)N2CCOCC2)c(OC)c1. The van der Waals surface area contributed by atoms with Crippen LogP contribution in [-0.2, 0) is 9.47 Å². The molecule has 7 nitrogen and oxygen atoms in total. The summed E-state index contributed by atoms with van der Waals surface area (Å²) in [4.78, 5) is 18.9. The number of benzene rings is 2. The molecule has 0 aromatic heterocycles. The average Bonchev–Trinajstić information content (AvgIpc) is 2.88. The van der Waals surface area contributed by atoms with Crippen molar-refractivity contribution in [3.8, 4) is 11.5 Å².